The molecule has 0 aliphatic carbocycles. The highest BCUT2D eigenvalue weighted by Gasteiger charge is 2.26. The van der Waals surface area contributed by atoms with E-state index in [1.165, 1.54) is 0 Å². The molecule has 17 heavy (non-hydrogen) atoms. The minimum absolute atomic E-state index is 0.0993. The first kappa shape index (κ1) is 16.0. The van der Waals surface area contributed by atoms with Crippen molar-refractivity contribution in [2.45, 2.75) is 40.5 Å². The van der Waals surface area contributed by atoms with E-state index in [1.807, 2.05) is 6.92 Å². The van der Waals surface area contributed by atoms with Crippen molar-refractivity contribution in [1.82, 2.24) is 4.90 Å². The topological polar surface area (TPSA) is 46.3 Å². The average molecular weight is 238 g/mol. The van der Waals surface area contributed by atoms with Gasteiger partial charge < -0.3 is 10.6 Å². The minimum atomic E-state index is -0.116. The molecule has 0 fully saturated rings. The second kappa shape index (κ2) is 7.34. The number of hydrogen-bond donors (Lipinski definition) is 1. The van der Waals surface area contributed by atoms with Crippen molar-refractivity contribution in [2.75, 3.05) is 19.6 Å². The quantitative estimate of drug-likeness (QED) is 0.718. The van der Waals surface area contributed by atoms with E-state index >= 15 is 0 Å². The van der Waals surface area contributed by atoms with E-state index in [2.05, 4.69) is 26.7 Å². The van der Waals surface area contributed by atoms with Crippen molar-refractivity contribution in [1.29, 1.82) is 0 Å². The Balaban J connectivity index is 4.64. The molecular weight excluding hydrogens is 212 g/mol. The molecule has 0 radical (unpaired) electrons. The van der Waals surface area contributed by atoms with Crippen LogP contribution >= 0.6 is 0 Å². The van der Waals surface area contributed by atoms with Gasteiger partial charge in [-0.1, -0.05) is 33.6 Å². The number of nitrogens with two attached hydrogens (primary N) is 1. The summed E-state index contributed by atoms with van der Waals surface area (Å²) >= 11 is 0. The van der Waals surface area contributed by atoms with Gasteiger partial charge in [0.1, 0.15) is 0 Å². The van der Waals surface area contributed by atoms with E-state index in [4.69, 9.17) is 12.2 Å². The van der Waals surface area contributed by atoms with Crippen LogP contribution < -0.4 is 5.73 Å². The molecule has 0 aromatic carbocycles. The monoisotopic (exact) mass is 238 g/mol. The van der Waals surface area contributed by atoms with Gasteiger partial charge in [-0.25, -0.2) is 0 Å². The second-order valence-corrected chi connectivity index (χ2v) is 5.66. The number of carbonyl (C=O) groups excluding carboxylic acids is 1. The van der Waals surface area contributed by atoms with Crippen molar-refractivity contribution in [3.05, 3.63) is 0 Å². The van der Waals surface area contributed by atoms with Gasteiger partial charge >= 0.3 is 0 Å². The molecule has 1 unspecified atom stereocenters. The number of terminal acetylenes is 1. The third-order valence-electron chi connectivity index (χ3n) is 2.58. The largest absolute Gasteiger partial charge is 0.331 e. The van der Waals surface area contributed by atoms with E-state index in [0.717, 1.165) is 12.8 Å². The van der Waals surface area contributed by atoms with Gasteiger partial charge in [0.2, 0.25) is 5.91 Å². The lowest BCUT2D eigenvalue weighted by molar-refractivity contribution is -0.135. The summed E-state index contributed by atoms with van der Waals surface area (Å²) in [5.74, 6) is 2.52. The first-order valence-corrected chi connectivity index (χ1v) is 6.28. The fourth-order valence-electron chi connectivity index (χ4n) is 1.92. The van der Waals surface area contributed by atoms with Gasteiger partial charge in [-0.05, 0) is 18.3 Å². The predicted molar refractivity (Wildman–Crippen MR) is 72.3 cm³/mol. The van der Waals surface area contributed by atoms with Gasteiger partial charge in [0.15, 0.2) is 0 Å². The highest BCUT2D eigenvalue weighted by Crippen LogP contribution is 2.25. The van der Waals surface area contributed by atoms with E-state index < -0.39 is 0 Å². The Morgan fingerprint density at radius 1 is 1.47 bits per heavy atom. The van der Waals surface area contributed by atoms with Crippen LogP contribution in [0.4, 0.5) is 0 Å². The molecule has 1 amide bonds. The second-order valence-electron chi connectivity index (χ2n) is 5.66. The Labute approximate surface area is 106 Å². The zero-order chi connectivity index (χ0) is 13.5. The van der Waals surface area contributed by atoms with Crippen molar-refractivity contribution in [3.63, 3.8) is 0 Å². The highest BCUT2D eigenvalue weighted by molar-refractivity contribution is 5.79. The number of amides is 1. The molecule has 2 N–H and O–H groups in total. The third-order valence-corrected chi connectivity index (χ3v) is 2.58. The van der Waals surface area contributed by atoms with Gasteiger partial charge in [-0.3, -0.25) is 4.79 Å². The zero-order valence-corrected chi connectivity index (χ0v) is 11.6. The van der Waals surface area contributed by atoms with Crippen LogP contribution in [0.15, 0.2) is 0 Å². The standard InChI is InChI=1S/C14H26N2O/c1-6-8-16(9-7-2)13(17)12(11-15)10-14(3,4)5/h1,12H,7-11,15H2,2-5H3. The van der Waals surface area contributed by atoms with Gasteiger partial charge in [-0.15, -0.1) is 6.42 Å². The summed E-state index contributed by atoms with van der Waals surface area (Å²) in [4.78, 5) is 14.0. The molecule has 0 aliphatic heterocycles. The Kier molecular flexibility index (Phi) is 6.91. The summed E-state index contributed by atoms with van der Waals surface area (Å²) in [6, 6.07) is 0. The Bertz CT molecular complexity index is 273. The third kappa shape index (κ3) is 6.33. The van der Waals surface area contributed by atoms with Gasteiger partial charge in [0.05, 0.1) is 12.5 Å². The lowest BCUT2D eigenvalue weighted by atomic mass is 9.84. The highest BCUT2D eigenvalue weighted by atomic mass is 16.2. The summed E-state index contributed by atoms with van der Waals surface area (Å²) in [5.41, 5.74) is 5.82. The normalized spacial score (nSPS) is 12.9. The molecule has 0 rings (SSSR count). The molecule has 1 atom stereocenters. The molecule has 3 nitrogen and oxygen atoms in total. The van der Waals surface area contributed by atoms with Gasteiger partial charge in [0, 0.05) is 13.1 Å². The zero-order valence-electron chi connectivity index (χ0n) is 11.6. The first-order chi connectivity index (χ1) is 7.85. The number of hydrogen-bond acceptors (Lipinski definition) is 2. The number of nitrogens with zero attached hydrogens (tertiary/aromatic N) is 1. The van der Waals surface area contributed by atoms with Crippen LogP contribution in [-0.4, -0.2) is 30.4 Å². The Hall–Kier alpha value is -1.01. The van der Waals surface area contributed by atoms with Gasteiger partial charge in [0.25, 0.3) is 0 Å². The fraction of sp³-hybridized carbons (Fsp3) is 0.786. The van der Waals surface area contributed by atoms with Crippen molar-refractivity contribution in [2.24, 2.45) is 17.1 Å². The van der Waals surface area contributed by atoms with Crippen LogP contribution in [0.25, 0.3) is 0 Å². The Morgan fingerprint density at radius 3 is 2.41 bits per heavy atom. The predicted octanol–water partition coefficient (Wildman–Crippen LogP) is 1.87. The van der Waals surface area contributed by atoms with E-state index in [9.17, 15) is 4.79 Å². The van der Waals surface area contributed by atoms with Crippen LogP contribution in [0.1, 0.15) is 40.5 Å². The molecule has 0 aromatic heterocycles. The van der Waals surface area contributed by atoms with E-state index in [1.54, 1.807) is 4.90 Å². The van der Waals surface area contributed by atoms with E-state index in [0.29, 0.717) is 19.6 Å². The first-order valence-electron chi connectivity index (χ1n) is 6.28. The number of rotatable bonds is 6. The molecular formula is C14H26N2O. The summed E-state index contributed by atoms with van der Waals surface area (Å²) < 4.78 is 0. The molecule has 0 spiro atoms. The lowest BCUT2D eigenvalue weighted by Crippen LogP contribution is -2.41. The Morgan fingerprint density at radius 2 is 2.06 bits per heavy atom. The van der Waals surface area contributed by atoms with Crippen LogP contribution in [0.3, 0.4) is 0 Å². The maximum absolute atomic E-state index is 12.3. The van der Waals surface area contributed by atoms with Crippen LogP contribution in [-0.2, 0) is 4.79 Å². The summed E-state index contributed by atoms with van der Waals surface area (Å²) in [6.45, 7) is 9.88. The summed E-state index contributed by atoms with van der Waals surface area (Å²) in [6.07, 6.45) is 7.01. The molecule has 0 saturated carbocycles. The fourth-order valence-corrected chi connectivity index (χ4v) is 1.92. The van der Waals surface area contributed by atoms with Crippen molar-refractivity contribution < 1.29 is 4.79 Å². The molecule has 98 valence electrons. The molecule has 0 bridgehead atoms. The molecule has 0 saturated heterocycles. The lowest BCUT2D eigenvalue weighted by Gasteiger charge is -2.29. The smallest absolute Gasteiger partial charge is 0.227 e. The minimum Gasteiger partial charge on any atom is -0.331 e. The van der Waals surface area contributed by atoms with Crippen LogP contribution in [0.2, 0.25) is 0 Å². The summed E-state index contributed by atoms with van der Waals surface area (Å²) in [7, 11) is 0. The van der Waals surface area contributed by atoms with E-state index in [-0.39, 0.29) is 17.2 Å². The van der Waals surface area contributed by atoms with Crippen LogP contribution in [0, 0.1) is 23.7 Å². The maximum atomic E-state index is 12.3. The maximum Gasteiger partial charge on any atom is 0.227 e. The molecule has 3 heteroatoms. The van der Waals surface area contributed by atoms with Crippen LogP contribution in [0.5, 0.6) is 0 Å². The van der Waals surface area contributed by atoms with Gasteiger partial charge in [-0.2, -0.15) is 0 Å². The van der Waals surface area contributed by atoms with Crippen molar-refractivity contribution >= 4 is 5.91 Å². The van der Waals surface area contributed by atoms with Crippen molar-refractivity contribution in [3.8, 4) is 12.3 Å². The molecule has 0 aliphatic rings. The molecule has 0 aromatic rings. The molecule has 0 heterocycles. The average Bonchev–Trinajstić information content (AvgIpc) is 2.23. The number of carbonyl (C=O) groups is 1. The summed E-state index contributed by atoms with van der Waals surface area (Å²) in [5, 5.41) is 0. The SMILES string of the molecule is C#CCN(CCC)C(=O)C(CN)CC(C)(C)C.